The van der Waals surface area contributed by atoms with Crippen LogP contribution in [0, 0.1) is 5.82 Å². The van der Waals surface area contributed by atoms with Crippen LogP contribution < -0.4 is 15.0 Å². The lowest BCUT2D eigenvalue weighted by atomic mass is 10.2. The third-order valence-corrected chi connectivity index (χ3v) is 3.36. The molecule has 1 fully saturated rings. The highest BCUT2D eigenvalue weighted by Gasteiger charge is 2.14. The molecule has 0 aliphatic carbocycles. The third kappa shape index (κ3) is 4.35. The molecular weight excluding hydrogens is 259 g/mol. The van der Waals surface area contributed by atoms with Crippen molar-refractivity contribution >= 4 is 5.69 Å². The van der Waals surface area contributed by atoms with Gasteiger partial charge in [0.15, 0.2) is 0 Å². The summed E-state index contributed by atoms with van der Waals surface area (Å²) in [5.41, 5.74) is 0.665. The summed E-state index contributed by atoms with van der Waals surface area (Å²) >= 11 is 0. The van der Waals surface area contributed by atoms with Crippen molar-refractivity contribution in [2.75, 3.05) is 51.4 Å². The van der Waals surface area contributed by atoms with E-state index >= 15 is 0 Å². The highest BCUT2D eigenvalue weighted by Crippen LogP contribution is 2.24. The molecule has 0 amide bonds. The molecule has 1 aromatic carbocycles. The summed E-state index contributed by atoms with van der Waals surface area (Å²) in [6.45, 7) is 4.82. The van der Waals surface area contributed by atoms with Crippen molar-refractivity contribution in [3.05, 3.63) is 24.0 Å². The molecule has 1 aliphatic rings. The molecule has 5 heteroatoms. The quantitative estimate of drug-likeness (QED) is 0.810. The van der Waals surface area contributed by atoms with Gasteiger partial charge in [-0.25, -0.2) is 4.39 Å². The van der Waals surface area contributed by atoms with E-state index in [2.05, 4.69) is 10.2 Å². The average Bonchev–Trinajstić information content (AvgIpc) is 2.73. The number of halogens is 1. The Balaban J connectivity index is 1.94. The Labute approximate surface area is 119 Å². The standard InChI is InChI=1S/C15H23FN2O2/c1-19-10-3-11-20-13-4-5-15(14(16)12-13)18-8-2-6-17-7-9-18/h4-5,12,17H,2-3,6-11H2,1H3. The fraction of sp³-hybridized carbons (Fsp3) is 0.600. The van der Waals surface area contributed by atoms with Crippen LogP contribution in [0.25, 0.3) is 0 Å². The van der Waals surface area contributed by atoms with Crippen LogP contribution >= 0.6 is 0 Å². The van der Waals surface area contributed by atoms with E-state index in [-0.39, 0.29) is 5.82 Å². The van der Waals surface area contributed by atoms with E-state index in [0.29, 0.717) is 24.7 Å². The first-order valence-corrected chi connectivity index (χ1v) is 7.18. The molecule has 1 heterocycles. The Morgan fingerprint density at radius 3 is 2.95 bits per heavy atom. The van der Waals surface area contributed by atoms with Crippen LogP contribution in [0.3, 0.4) is 0 Å². The molecule has 0 radical (unpaired) electrons. The summed E-state index contributed by atoms with van der Waals surface area (Å²) in [5.74, 6) is 0.367. The summed E-state index contributed by atoms with van der Waals surface area (Å²) in [7, 11) is 1.66. The fourth-order valence-electron chi connectivity index (χ4n) is 2.31. The van der Waals surface area contributed by atoms with Crippen LogP contribution in [-0.2, 0) is 4.74 Å². The maximum atomic E-state index is 14.2. The van der Waals surface area contributed by atoms with Gasteiger partial charge in [0, 0.05) is 45.8 Å². The molecule has 4 nitrogen and oxygen atoms in total. The maximum absolute atomic E-state index is 14.2. The van der Waals surface area contributed by atoms with Gasteiger partial charge in [-0.1, -0.05) is 0 Å². The molecule has 2 rings (SSSR count). The van der Waals surface area contributed by atoms with E-state index in [0.717, 1.165) is 39.0 Å². The zero-order chi connectivity index (χ0) is 14.2. The van der Waals surface area contributed by atoms with Gasteiger partial charge in [0.2, 0.25) is 0 Å². The molecule has 1 aliphatic heterocycles. The van der Waals surface area contributed by atoms with Crippen LogP contribution in [0.4, 0.5) is 10.1 Å². The molecule has 20 heavy (non-hydrogen) atoms. The largest absolute Gasteiger partial charge is 0.493 e. The summed E-state index contributed by atoms with van der Waals surface area (Å²) in [6, 6.07) is 5.12. The first-order valence-electron chi connectivity index (χ1n) is 7.18. The van der Waals surface area contributed by atoms with Gasteiger partial charge >= 0.3 is 0 Å². The number of hydrogen-bond acceptors (Lipinski definition) is 4. The summed E-state index contributed by atoms with van der Waals surface area (Å²) in [6.07, 6.45) is 1.84. The van der Waals surface area contributed by atoms with Gasteiger partial charge in [0.05, 0.1) is 12.3 Å². The van der Waals surface area contributed by atoms with Gasteiger partial charge in [-0.05, 0) is 25.1 Å². The molecule has 0 saturated carbocycles. The highest BCUT2D eigenvalue weighted by atomic mass is 19.1. The van der Waals surface area contributed by atoms with Gasteiger partial charge in [-0.3, -0.25) is 0 Å². The summed E-state index contributed by atoms with van der Waals surface area (Å²) < 4.78 is 24.6. The number of rotatable bonds is 6. The predicted octanol–water partition coefficient (Wildman–Crippen LogP) is 2.04. The van der Waals surface area contributed by atoms with E-state index in [1.54, 1.807) is 7.11 Å². The molecule has 1 aromatic rings. The summed E-state index contributed by atoms with van der Waals surface area (Å²) in [5, 5.41) is 3.32. The van der Waals surface area contributed by atoms with E-state index in [9.17, 15) is 4.39 Å². The molecular formula is C15H23FN2O2. The van der Waals surface area contributed by atoms with Crippen molar-refractivity contribution < 1.29 is 13.9 Å². The zero-order valence-electron chi connectivity index (χ0n) is 12.0. The first kappa shape index (κ1) is 15.1. The smallest absolute Gasteiger partial charge is 0.150 e. The van der Waals surface area contributed by atoms with Crippen LogP contribution in [0.1, 0.15) is 12.8 Å². The fourth-order valence-corrected chi connectivity index (χ4v) is 2.31. The number of ether oxygens (including phenoxy) is 2. The predicted molar refractivity (Wildman–Crippen MR) is 78.1 cm³/mol. The van der Waals surface area contributed by atoms with Crippen LogP contribution in [-0.4, -0.2) is 46.5 Å². The lowest BCUT2D eigenvalue weighted by molar-refractivity contribution is 0.172. The van der Waals surface area contributed by atoms with Gasteiger partial charge in [0.1, 0.15) is 11.6 Å². The van der Waals surface area contributed by atoms with Crippen molar-refractivity contribution in [2.45, 2.75) is 12.8 Å². The molecule has 112 valence electrons. The number of anilines is 1. The molecule has 1 saturated heterocycles. The maximum Gasteiger partial charge on any atom is 0.150 e. The number of nitrogens with zero attached hydrogens (tertiary/aromatic N) is 1. The monoisotopic (exact) mass is 282 g/mol. The van der Waals surface area contributed by atoms with Crippen molar-refractivity contribution in [1.29, 1.82) is 0 Å². The SMILES string of the molecule is COCCCOc1ccc(N2CCCNCC2)c(F)c1. The van der Waals surface area contributed by atoms with Gasteiger partial charge in [-0.2, -0.15) is 0 Å². The van der Waals surface area contributed by atoms with Gasteiger partial charge < -0.3 is 19.7 Å². The minimum absolute atomic E-state index is 0.212. The number of hydrogen-bond donors (Lipinski definition) is 1. The second-order valence-corrected chi connectivity index (χ2v) is 4.90. The normalized spacial score (nSPS) is 16.0. The van der Waals surface area contributed by atoms with Crippen LogP contribution in [0.2, 0.25) is 0 Å². The second kappa shape index (κ2) is 8.07. The summed E-state index contributed by atoms with van der Waals surface area (Å²) in [4.78, 5) is 2.09. The van der Waals surface area contributed by atoms with E-state index in [1.165, 1.54) is 6.07 Å². The van der Waals surface area contributed by atoms with E-state index in [1.807, 2.05) is 12.1 Å². The third-order valence-electron chi connectivity index (χ3n) is 3.36. The van der Waals surface area contributed by atoms with E-state index in [4.69, 9.17) is 9.47 Å². The van der Waals surface area contributed by atoms with Crippen LogP contribution in [0.5, 0.6) is 5.75 Å². The van der Waals surface area contributed by atoms with Crippen molar-refractivity contribution in [3.8, 4) is 5.75 Å². The Hall–Kier alpha value is -1.33. The molecule has 0 atom stereocenters. The minimum atomic E-state index is -0.212. The number of methoxy groups -OCH3 is 1. The number of nitrogens with one attached hydrogen (secondary N) is 1. The number of benzene rings is 1. The zero-order valence-corrected chi connectivity index (χ0v) is 12.0. The Kier molecular flexibility index (Phi) is 6.08. The van der Waals surface area contributed by atoms with Crippen molar-refractivity contribution in [1.82, 2.24) is 5.32 Å². The Bertz CT molecular complexity index is 407. The van der Waals surface area contributed by atoms with E-state index < -0.39 is 0 Å². The molecule has 1 N–H and O–H groups in total. The second-order valence-electron chi connectivity index (χ2n) is 4.90. The highest BCUT2D eigenvalue weighted by molar-refractivity contribution is 5.50. The van der Waals surface area contributed by atoms with Crippen LogP contribution in [0.15, 0.2) is 18.2 Å². The topological polar surface area (TPSA) is 33.7 Å². The molecule has 0 aromatic heterocycles. The van der Waals surface area contributed by atoms with Gasteiger partial charge in [0.25, 0.3) is 0 Å². The first-order chi connectivity index (χ1) is 9.81. The van der Waals surface area contributed by atoms with Crippen molar-refractivity contribution in [2.24, 2.45) is 0 Å². The molecule has 0 bridgehead atoms. The Morgan fingerprint density at radius 1 is 1.25 bits per heavy atom. The minimum Gasteiger partial charge on any atom is -0.493 e. The molecule has 0 spiro atoms. The Morgan fingerprint density at radius 2 is 2.15 bits per heavy atom. The molecule has 0 unspecified atom stereocenters. The van der Waals surface area contributed by atoms with Crippen molar-refractivity contribution in [3.63, 3.8) is 0 Å². The average molecular weight is 282 g/mol. The lowest BCUT2D eigenvalue weighted by Gasteiger charge is -2.23. The van der Waals surface area contributed by atoms with Gasteiger partial charge in [-0.15, -0.1) is 0 Å². The lowest BCUT2D eigenvalue weighted by Crippen LogP contribution is -2.28.